The number of carbonyl (C=O) groups is 2. The van der Waals surface area contributed by atoms with Crippen LogP contribution >= 0.6 is 0 Å². The third-order valence-corrected chi connectivity index (χ3v) is 1.21. The first-order valence-electron chi connectivity index (χ1n) is 3.28. The fourth-order valence-corrected chi connectivity index (χ4v) is 0.605. The lowest BCUT2D eigenvalue weighted by atomic mass is 10.2. The summed E-state index contributed by atoms with van der Waals surface area (Å²) in [5.41, 5.74) is 4.66. The van der Waals surface area contributed by atoms with Gasteiger partial charge in [-0.3, -0.25) is 15.0 Å². The molecule has 64 valence electrons. The monoisotopic (exact) mass is 160 g/mol. The van der Waals surface area contributed by atoms with Gasteiger partial charge in [0.25, 0.3) is 0 Å². The van der Waals surface area contributed by atoms with Gasteiger partial charge in [0.2, 0.25) is 6.41 Å². The Labute approximate surface area is 65.1 Å². The Morgan fingerprint density at radius 3 is 2.73 bits per heavy atom. The molecule has 0 radical (unpaired) electrons. The summed E-state index contributed by atoms with van der Waals surface area (Å²) in [4.78, 5) is 20.6. The largest absolute Gasteiger partial charge is 0.468 e. The number of amides is 1. The fourth-order valence-electron chi connectivity index (χ4n) is 0.605. The van der Waals surface area contributed by atoms with E-state index in [4.69, 9.17) is 0 Å². The topological polar surface area (TPSA) is 67.4 Å². The minimum Gasteiger partial charge on any atom is -0.468 e. The Hall–Kier alpha value is -1.10. The summed E-state index contributed by atoms with van der Waals surface area (Å²) < 4.78 is 4.44. The molecule has 2 N–H and O–H groups in total. The van der Waals surface area contributed by atoms with Crippen LogP contribution in [0.25, 0.3) is 0 Å². The molecular formula is C6H12N2O3. The van der Waals surface area contributed by atoms with Crippen LogP contribution in [0, 0.1) is 0 Å². The van der Waals surface area contributed by atoms with Crippen LogP contribution in [0.2, 0.25) is 0 Å². The van der Waals surface area contributed by atoms with Gasteiger partial charge in [0, 0.05) is 0 Å². The first-order chi connectivity index (χ1) is 5.26. The zero-order valence-corrected chi connectivity index (χ0v) is 6.59. The van der Waals surface area contributed by atoms with Crippen molar-refractivity contribution in [1.29, 1.82) is 0 Å². The van der Waals surface area contributed by atoms with Crippen molar-refractivity contribution in [2.24, 2.45) is 0 Å². The van der Waals surface area contributed by atoms with Gasteiger partial charge in [-0.2, -0.15) is 0 Å². The number of methoxy groups -OCH3 is 1. The lowest BCUT2D eigenvalue weighted by molar-refractivity contribution is -0.143. The molecule has 5 nitrogen and oxygen atoms in total. The molecule has 5 heteroatoms. The molecule has 0 aliphatic carbocycles. The quantitative estimate of drug-likeness (QED) is 0.313. The number of nitrogens with one attached hydrogen (secondary N) is 2. The van der Waals surface area contributed by atoms with Crippen LogP contribution in [0.4, 0.5) is 0 Å². The zero-order valence-electron chi connectivity index (χ0n) is 6.59. The lowest BCUT2D eigenvalue weighted by Gasteiger charge is -2.12. The van der Waals surface area contributed by atoms with Gasteiger partial charge in [-0.05, 0) is 6.42 Å². The van der Waals surface area contributed by atoms with Crippen molar-refractivity contribution >= 4 is 12.4 Å². The highest BCUT2D eigenvalue weighted by Crippen LogP contribution is 1.90. The summed E-state index contributed by atoms with van der Waals surface area (Å²) in [6, 6.07) is -0.467. The number of carbonyl (C=O) groups excluding carboxylic acids is 2. The van der Waals surface area contributed by atoms with Gasteiger partial charge >= 0.3 is 5.97 Å². The second-order valence-corrected chi connectivity index (χ2v) is 1.89. The van der Waals surface area contributed by atoms with Gasteiger partial charge in [0.15, 0.2) is 0 Å². The first-order valence-corrected chi connectivity index (χ1v) is 3.28. The van der Waals surface area contributed by atoms with Gasteiger partial charge in [0.1, 0.15) is 6.04 Å². The molecule has 0 bridgehead atoms. The second kappa shape index (κ2) is 5.67. The molecule has 0 aromatic heterocycles. The van der Waals surface area contributed by atoms with Crippen LogP contribution in [0.15, 0.2) is 0 Å². The Morgan fingerprint density at radius 2 is 2.36 bits per heavy atom. The molecular weight excluding hydrogens is 148 g/mol. The van der Waals surface area contributed by atoms with Gasteiger partial charge < -0.3 is 4.74 Å². The Bertz CT molecular complexity index is 138. The minimum absolute atomic E-state index is 0.387. The van der Waals surface area contributed by atoms with E-state index < -0.39 is 6.04 Å². The molecule has 11 heavy (non-hydrogen) atoms. The smallest absolute Gasteiger partial charge is 0.324 e. The van der Waals surface area contributed by atoms with Gasteiger partial charge in [-0.25, -0.2) is 5.43 Å². The standard InChI is InChI=1S/C6H12N2O3/c1-3-5(6(10)11-2)8-7-4-9/h4-5,8H,3H2,1-2H3,(H,7,9). The van der Waals surface area contributed by atoms with E-state index in [9.17, 15) is 9.59 Å². The maximum atomic E-state index is 10.8. The van der Waals surface area contributed by atoms with E-state index in [0.29, 0.717) is 12.8 Å². The molecule has 0 aromatic carbocycles. The van der Waals surface area contributed by atoms with Crippen molar-refractivity contribution in [2.45, 2.75) is 19.4 Å². The number of hydrogen-bond acceptors (Lipinski definition) is 4. The molecule has 0 aliphatic heterocycles. The first kappa shape index (κ1) is 9.90. The summed E-state index contributed by atoms with van der Waals surface area (Å²) in [5, 5.41) is 0. The summed E-state index contributed by atoms with van der Waals surface area (Å²) in [6.45, 7) is 1.81. The van der Waals surface area contributed by atoms with Crippen molar-refractivity contribution in [2.75, 3.05) is 7.11 Å². The Morgan fingerprint density at radius 1 is 1.73 bits per heavy atom. The molecule has 0 aliphatic rings. The third kappa shape index (κ3) is 3.57. The van der Waals surface area contributed by atoms with E-state index in [1.165, 1.54) is 7.11 Å². The van der Waals surface area contributed by atoms with E-state index >= 15 is 0 Å². The minimum atomic E-state index is -0.467. The maximum Gasteiger partial charge on any atom is 0.324 e. The number of esters is 1. The lowest BCUT2D eigenvalue weighted by Crippen LogP contribution is -2.44. The Kier molecular flexibility index (Phi) is 5.10. The number of rotatable bonds is 5. The number of ether oxygens (including phenoxy) is 1. The second-order valence-electron chi connectivity index (χ2n) is 1.89. The van der Waals surface area contributed by atoms with E-state index in [1.807, 2.05) is 0 Å². The van der Waals surface area contributed by atoms with Crippen molar-refractivity contribution in [1.82, 2.24) is 10.9 Å². The average Bonchev–Trinajstić information content (AvgIpc) is 2.05. The third-order valence-electron chi connectivity index (χ3n) is 1.21. The van der Waals surface area contributed by atoms with Gasteiger partial charge in [0.05, 0.1) is 7.11 Å². The predicted molar refractivity (Wildman–Crippen MR) is 38.4 cm³/mol. The van der Waals surface area contributed by atoms with Crippen LogP contribution < -0.4 is 10.9 Å². The molecule has 0 spiro atoms. The highest BCUT2D eigenvalue weighted by molar-refractivity contribution is 5.75. The van der Waals surface area contributed by atoms with Crippen LogP contribution in [0.1, 0.15) is 13.3 Å². The van der Waals surface area contributed by atoms with Crippen molar-refractivity contribution in [3.05, 3.63) is 0 Å². The average molecular weight is 160 g/mol. The van der Waals surface area contributed by atoms with Crippen molar-refractivity contribution < 1.29 is 14.3 Å². The van der Waals surface area contributed by atoms with Crippen molar-refractivity contribution in [3.8, 4) is 0 Å². The van der Waals surface area contributed by atoms with Gasteiger partial charge in [-0.15, -0.1) is 0 Å². The maximum absolute atomic E-state index is 10.8. The zero-order chi connectivity index (χ0) is 8.69. The Balaban J connectivity index is 3.74. The van der Waals surface area contributed by atoms with Crippen LogP contribution in [-0.2, 0) is 14.3 Å². The molecule has 1 atom stereocenters. The van der Waals surface area contributed by atoms with Crippen LogP contribution in [0.3, 0.4) is 0 Å². The molecule has 0 rings (SSSR count). The van der Waals surface area contributed by atoms with Crippen LogP contribution in [-0.4, -0.2) is 25.5 Å². The summed E-state index contributed by atoms with van der Waals surface area (Å²) in [6.07, 6.45) is 1.03. The molecule has 0 saturated carbocycles. The molecule has 0 fully saturated rings. The van der Waals surface area contributed by atoms with E-state index in [0.717, 1.165) is 0 Å². The van der Waals surface area contributed by atoms with Gasteiger partial charge in [-0.1, -0.05) is 6.92 Å². The number of hydrogen-bond donors (Lipinski definition) is 2. The molecule has 1 amide bonds. The van der Waals surface area contributed by atoms with Crippen LogP contribution in [0.5, 0.6) is 0 Å². The molecule has 1 unspecified atom stereocenters. The summed E-state index contributed by atoms with van der Waals surface area (Å²) in [7, 11) is 1.30. The highest BCUT2D eigenvalue weighted by Gasteiger charge is 2.14. The summed E-state index contributed by atoms with van der Waals surface area (Å²) >= 11 is 0. The number of hydrazine groups is 1. The van der Waals surface area contributed by atoms with Crippen molar-refractivity contribution in [3.63, 3.8) is 0 Å². The molecule has 0 aromatic rings. The fraction of sp³-hybridized carbons (Fsp3) is 0.667. The van der Waals surface area contributed by atoms with E-state index in [1.54, 1.807) is 6.92 Å². The highest BCUT2D eigenvalue weighted by atomic mass is 16.5. The SMILES string of the molecule is CCC(NNC=O)C(=O)OC. The van der Waals surface area contributed by atoms with E-state index in [2.05, 4.69) is 15.6 Å². The predicted octanol–water partition coefficient (Wildman–Crippen LogP) is -0.811. The van der Waals surface area contributed by atoms with E-state index in [-0.39, 0.29) is 5.97 Å². The normalized spacial score (nSPS) is 11.8. The molecule has 0 heterocycles. The molecule has 0 saturated heterocycles. The summed E-state index contributed by atoms with van der Waals surface area (Å²) in [5.74, 6) is -0.387.